The molecule has 1 aliphatic rings. The lowest BCUT2D eigenvalue weighted by atomic mass is 10.1. The van der Waals surface area contributed by atoms with Crippen molar-refractivity contribution in [1.82, 2.24) is 4.98 Å². The molecule has 1 saturated carbocycles. The maximum absolute atomic E-state index is 12.1. The fourth-order valence-corrected chi connectivity index (χ4v) is 2.05. The number of halogens is 1. The predicted octanol–water partition coefficient (Wildman–Crippen LogP) is 4.47. The van der Waals surface area contributed by atoms with Crippen molar-refractivity contribution in [3.8, 4) is 0 Å². The molecule has 1 amide bonds. The summed E-state index contributed by atoms with van der Waals surface area (Å²) in [5, 5.41) is 11.0. The quantitative estimate of drug-likeness (QED) is 0.217. The standard InChI is InChI=1S/C17H18ClN3O3S/c1-3-12(5-4-11(2)25-24-23-14-7-8-14)16(19)17(22)21-15-9-6-13(18)10-20-15/h3-6,9-10,14,19H,2,7-8H2,1H3,(H,20,21,22)/b5-4-,12-3+,19-16?. The van der Waals surface area contributed by atoms with Gasteiger partial charge in [-0.25, -0.2) is 9.87 Å². The molecule has 8 heteroatoms. The van der Waals surface area contributed by atoms with E-state index in [1.165, 1.54) is 6.20 Å². The Balaban J connectivity index is 1.85. The van der Waals surface area contributed by atoms with Crippen LogP contribution < -0.4 is 5.32 Å². The second-order valence-corrected chi connectivity index (χ2v) is 6.44. The molecule has 6 nitrogen and oxygen atoms in total. The number of hydrogen-bond donors (Lipinski definition) is 2. The van der Waals surface area contributed by atoms with Crippen LogP contribution in [-0.4, -0.2) is 22.7 Å². The van der Waals surface area contributed by atoms with Gasteiger partial charge < -0.3 is 5.32 Å². The van der Waals surface area contributed by atoms with Gasteiger partial charge in [-0.05, 0) is 38.0 Å². The largest absolute Gasteiger partial charge is 0.305 e. The minimum Gasteiger partial charge on any atom is -0.305 e. The fourth-order valence-electron chi connectivity index (χ4n) is 1.58. The molecule has 1 aromatic heterocycles. The van der Waals surface area contributed by atoms with E-state index in [4.69, 9.17) is 26.2 Å². The van der Waals surface area contributed by atoms with Gasteiger partial charge in [-0.3, -0.25) is 10.2 Å². The van der Waals surface area contributed by atoms with E-state index in [1.54, 1.807) is 37.3 Å². The summed E-state index contributed by atoms with van der Waals surface area (Å²) in [6.07, 6.45) is 8.57. The van der Waals surface area contributed by atoms with Gasteiger partial charge >= 0.3 is 0 Å². The molecule has 0 bridgehead atoms. The third-order valence-electron chi connectivity index (χ3n) is 3.09. The fraction of sp³-hybridized carbons (Fsp3) is 0.235. The molecule has 1 aromatic rings. The van der Waals surface area contributed by atoms with Crippen LogP contribution in [0.4, 0.5) is 5.82 Å². The average Bonchev–Trinajstić information content (AvgIpc) is 3.41. The molecule has 2 rings (SSSR count). The summed E-state index contributed by atoms with van der Waals surface area (Å²) >= 11 is 6.74. The van der Waals surface area contributed by atoms with Gasteiger partial charge in [-0.1, -0.05) is 30.3 Å². The number of hydrogen-bond acceptors (Lipinski definition) is 6. The molecule has 0 radical (unpaired) electrons. The first-order chi connectivity index (χ1) is 12.0. The van der Waals surface area contributed by atoms with Crippen LogP contribution in [0, 0.1) is 5.41 Å². The van der Waals surface area contributed by atoms with Crippen LogP contribution in [0.1, 0.15) is 19.8 Å². The summed E-state index contributed by atoms with van der Waals surface area (Å²) < 4.78 is 4.98. The Morgan fingerprint density at radius 3 is 2.84 bits per heavy atom. The lowest BCUT2D eigenvalue weighted by molar-refractivity contribution is -0.200. The molecule has 1 fully saturated rings. The van der Waals surface area contributed by atoms with Crippen LogP contribution in [0.15, 0.2) is 53.6 Å². The zero-order valence-electron chi connectivity index (χ0n) is 13.6. The van der Waals surface area contributed by atoms with E-state index in [0.717, 1.165) is 24.9 Å². The molecule has 0 aromatic carbocycles. The summed E-state index contributed by atoms with van der Waals surface area (Å²) in [5.74, 6) is -0.247. The third kappa shape index (κ3) is 6.83. The van der Waals surface area contributed by atoms with Crippen LogP contribution in [-0.2, 0) is 14.0 Å². The van der Waals surface area contributed by atoms with Gasteiger partial charge in [0.25, 0.3) is 5.91 Å². The van der Waals surface area contributed by atoms with E-state index in [-0.39, 0.29) is 11.8 Å². The second-order valence-electron chi connectivity index (χ2n) is 5.18. The Morgan fingerprint density at radius 1 is 1.48 bits per heavy atom. The lowest BCUT2D eigenvalue weighted by Gasteiger charge is -2.06. The zero-order chi connectivity index (χ0) is 18.2. The van der Waals surface area contributed by atoms with Crippen molar-refractivity contribution < 1.29 is 14.0 Å². The Morgan fingerprint density at radius 2 is 2.24 bits per heavy atom. The third-order valence-corrected chi connectivity index (χ3v) is 3.81. The average molecular weight is 380 g/mol. The van der Waals surface area contributed by atoms with Crippen molar-refractivity contribution >= 4 is 41.1 Å². The van der Waals surface area contributed by atoms with Crippen LogP contribution in [0.2, 0.25) is 5.02 Å². The van der Waals surface area contributed by atoms with Gasteiger partial charge in [-0.15, -0.1) is 0 Å². The van der Waals surface area contributed by atoms with E-state index >= 15 is 0 Å². The maximum Gasteiger partial charge on any atom is 0.275 e. The molecule has 2 N–H and O–H groups in total. The van der Waals surface area contributed by atoms with E-state index in [9.17, 15) is 4.79 Å². The van der Waals surface area contributed by atoms with Gasteiger partial charge in [-0.2, -0.15) is 4.33 Å². The monoisotopic (exact) mass is 379 g/mol. The number of nitrogens with one attached hydrogen (secondary N) is 2. The van der Waals surface area contributed by atoms with Crippen molar-refractivity contribution in [2.45, 2.75) is 25.9 Å². The van der Waals surface area contributed by atoms with Crippen molar-refractivity contribution in [2.24, 2.45) is 0 Å². The number of rotatable bonds is 9. The number of nitrogens with zero attached hydrogens (tertiary/aromatic N) is 1. The molecular formula is C17H18ClN3O3S. The molecule has 0 spiro atoms. The first-order valence-corrected chi connectivity index (χ1v) is 8.66. The molecular weight excluding hydrogens is 362 g/mol. The molecule has 0 unspecified atom stereocenters. The van der Waals surface area contributed by atoms with Gasteiger partial charge in [0, 0.05) is 16.7 Å². The van der Waals surface area contributed by atoms with Crippen LogP contribution in [0.3, 0.4) is 0 Å². The summed E-state index contributed by atoms with van der Waals surface area (Å²) in [5.41, 5.74) is 0.250. The Labute approximate surface area is 155 Å². The van der Waals surface area contributed by atoms with Crippen LogP contribution in [0.5, 0.6) is 0 Å². The number of amides is 1. The molecule has 1 heterocycles. The first-order valence-electron chi connectivity index (χ1n) is 7.54. The highest BCUT2D eigenvalue weighted by Gasteiger charge is 2.23. The Kier molecular flexibility index (Phi) is 7.39. The number of anilines is 1. The summed E-state index contributed by atoms with van der Waals surface area (Å²) in [6.45, 7) is 5.55. The highest BCUT2D eigenvalue weighted by molar-refractivity contribution is 7.98. The van der Waals surface area contributed by atoms with Crippen molar-refractivity contribution in [3.05, 3.63) is 58.6 Å². The van der Waals surface area contributed by atoms with Crippen LogP contribution in [0.25, 0.3) is 0 Å². The van der Waals surface area contributed by atoms with E-state index < -0.39 is 5.91 Å². The van der Waals surface area contributed by atoms with Gasteiger partial charge in [0.15, 0.2) is 0 Å². The minimum absolute atomic E-state index is 0.189. The summed E-state index contributed by atoms with van der Waals surface area (Å²) in [6, 6.07) is 3.17. The number of carbonyl (C=O) groups is 1. The highest BCUT2D eigenvalue weighted by atomic mass is 35.5. The molecule has 1 aliphatic carbocycles. The number of carbonyl (C=O) groups excluding carboxylic acids is 1. The van der Waals surface area contributed by atoms with Gasteiger partial charge in [0.2, 0.25) is 0 Å². The van der Waals surface area contributed by atoms with E-state index in [0.29, 0.717) is 21.3 Å². The molecule has 132 valence electrons. The van der Waals surface area contributed by atoms with E-state index in [1.807, 2.05) is 0 Å². The number of aromatic nitrogens is 1. The summed E-state index contributed by atoms with van der Waals surface area (Å²) in [7, 11) is 0. The zero-order valence-corrected chi connectivity index (χ0v) is 15.2. The second kappa shape index (κ2) is 9.53. The minimum atomic E-state index is -0.570. The smallest absolute Gasteiger partial charge is 0.275 e. The molecule has 0 atom stereocenters. The highest BCUT2D eigenvalue weighted by Crippen LogP contribution is 2.27. The van der Waals surface area contributed by atoms with Gasteiger partial charge in [0.05, 0.1) is 23.2 Å². The first kappa shape index (κ1) is 19.4. The predicted molar refractivity (Wildman–Crippen MR) is 100 cm³/mol. The maximum atomic E-state index is 12.1. The topological polar surface area (TPSA) is 84.3 Å². The van der Waals surface area contributed by atoms with Crippen LogP contribution >= 0.6 is 23.6 Å². The SMILES string of the molecule is C=C(/C=C\C(=C/C)C(=N)C(=O)Nc1ccc(Cl)cn1)SOOC1CC1. The van der Waals surface area contributed by atoms with Crippen molar-refractivity contribution in [2.75, 3.05) is 5.32 Å². The molecule has 0 saturated heterocycles. The summed E-state index contributed by atoms with van der Waals surface area (Å²) in [4.78, 5) is 21.7. The van der Waals surface area contributed by atoms with Crippen molar-refractivity contribution in [1.29, 1.82) is 5.41 Å². The van der Waals surface area contributed by atoms with E-state index in [2.05, 4.69) is 16.9 Å². The Hall–Kier alpha value is -1.93. The normalized spacial score (nSPS) is 14.6. The Bertz CT molecular complexity index is 712. The van der Waals surface area contributed by atoms with Crippen molar-refractivity contribution in [3.63, 3.8) is 0 Å². The number of allylic oxidation sites excluding steroid dienone is 3. The molecule has 25 heavy (non-hydrogen) atoms. The molecule has 0 aliphatic heterocycles. The number of pyridine rings is 1. The van der Waals surface area contributed by atoms with Gasteiger partial charge in [0.1, 0.15) is 11.5 Å². The lowest BCUT2D eigenvalue weighted by Crippen LogP contribution is -2.23.